The second-order valence-corrected chi connectivity index (χ2v) is 4.09. The molecular weight excluding hydrogens is 192 g/mol. The topological polar surface area (TPSA) is 47.7 Å². The molecule has 2 heterocycles. The van der Waals surface area contributed by atoms with Crippen LogP contribution in [0.4, 0.5) is 0 Å². The van der Waals surface area contributed by atoms with Crippen molar-refractivity contribution in [2.24, 2.45) is 11.1 Å². The molecule has 4 heteroatoms. The van der Waals surface area contributed by atoms with Crippen molar-refractivity contribution in [2.45, 2.75) is 13.8 Å². The minimum Gasteiger partial charge on any atom is -0.380 e. The fourth-order valence-electron chi connectivity index (χ4n) is 1.90. The van der Waals surface area contributed by atoms with Crippen LogP contribution in [0.1, 0.15) is 13.8 Å². The normalized spacial score (nSPS) is 25.0. The average molecular weight is 216 g/mol. The number of rotatable bonds is 3. The first-order valence-electron chi connectivity index (χ1n) is 5.93. The summed E-state index contributed by atoms with van der Waals surface area (Å²) >= 11 is 0. The molecule has 0 aromatic heterocycles. The lowest BCUT2D eigenvalue weighted by atomic mass is 9.85. The Morgan fingerprint density at radius 2 is 1.73 bits per heavy atom. The van der Waals surface area contributed by atoms with Gasteiger partial charge in [-0.3, -0.25) is 4.90 Å². The van der Waals surface area contributed by atoms with Crippen molar-refractivity contribution in [2.75, 3.05) is 52.6 Å². The summed E-state index contributed by atoms with van der Waals surface area (Å²) in [5.41, 5.74) is 6.00. The predicted octanol–water partition coefficient (Wildman–Crippen LogP) is 0.320. The molecule has 2 fully saturated rings. The van der Waals surface area contributed by atoms with Crippen molar-refractivity contribution in [3.63, 3.8) is 0 Å². The van der Waals surface area contributed by atoms with Gasteiger partial charge in [-0.1, -0.05) is 13.8 Å². The van der Waals surface area contributed by atoms with Gasteiger partial charge in [-0.25, -0.2) is 0 Å². The quantitative estimate of drug-likeness (QED) is 0.738. The summed E-state index contributed by atoms with van der Waals surface area (Å²) in [5, 5.41) is 0. The standard InChI is InChI=1S/C9H18N2O2.C2H6/c10-5-9(7-13-8-9)6-11-1-3-12-4-2-11;1-2/h1-8,10H2;1-2H3. The van der Waals surface area contributed by atoms with Gasteiger partial charge in [0, 0.05) is 31.6 Å². The van der Waals surface area contributed by atoms with Gasteiger partial charge in [0.25, 0.3) is 0 Å². The van der Waals surface area contributed by atoms with Gasteiger partial charge in [0.2, 0.25) is 0 Å². The number of hydrogen-bond acceptors (Lipinski definition) is 4. The largest absolute Gasteiger partial charge is 0.380 e. The molecule has 90 valence electrons. The summed E-state index contributed by atoms with van der Waals surface area (Å²) in [6.45, 7) is 11.3. The van der Waals surface area contributed by atoms with Gasteiger partial charge < -0.3 is 15.2 Å². The highest BCUT2D eigenvalue weighted by Gasteiger charge is 2.38. The van der Waals surface area contributed by atoms with Crippen LogP contribution in [0.3, 0.4) is 0 Å². The van der Waals surface area contributed by atoms with Crippen LogP contribution in [0.2, 0.25) is 0 Å². The molecule has 0 aliphatic carbocycles. The molecule has 0 spiro atoms. The Bertz CT molecular complexity index is 160. The first kappa shape index (κ1) is 12.9. The summed E-state index contributed by atoms with van der Waals surface area (Å²) in [7, 11) is 0. The zero-order chi connectivity index (χ0) is 11.1. The Morgan fingerprint density at radius 3 is 2.13 bits per heavy atom. The van der Waals surface area contributed by atoms with Gasteiger partial charge in [-0.15, -0.1) is 0 Å². The Balaban J connectivity index is 0.000000531. The molecule has 2 saturated heterocycles. The van der Waals surface area contributed by atoms with Crippen molar-refractivity contribution < 1.29 is 9.47 Å². The van der Waals surface area contributed by atoms with E-state index in [-0.39, 0.29) is 5.41 Å². The molecule has 0 amide bonds. The van der Waals surface area contributed by atoms with Crippen molar-refractivity contribution in [1.29, 1.82) is 0 Å². The van der Waals surface area contributed by atoms with E-state index in [0.29, 0.717) is 0 Å². The zero-order valence-electron chi connectivity index (χ0n) is 10.00. The molecule has 0 saturated carbocycles. The molecule has 0 aromatic rings. The fourth-order valence-corrected chi connectivity index (χ4v) is 1.90. The van der Waals surface area contributed by atoms with E-state index in [1.54, 1.807) is 0 Å². The van der Waals surface area contributed by atoms with E-state index >= 15 is 0 Å². The maximum Gasteiger partial charge on any atom is 0.0594 e. The lowest BCUT2D eigenvalue weighted by molar-refractivity contribution is -0.127. The summed E-state index contributed by atoms with van der Waals surface area (Å²) in [6, 6.07) is 0. The summed E-state index contributed by atoms with van der Waals surface area (Å²) in [6.07, 6.45) is 0. The van der Waals surface area contributed by atoms with Crippen LogP contribution in [0.15, 0.2) is 0 Å². The molecule has 2 rings (SSSR count). The SMILES string of the molecule is CC.NCC1(CN2CCOCC2)COC1. The second kappa shape index (κ2) is 6.43. The molecule has 4 nitrogen and oxygen atoms in total. The van der Waals surface area contributed by atoms with Crippen LogP contribution >= 0.6 is 0 Å². The highest BCUT2D eigenvalue weighted by molar-refractivity contribution is 4.89. The van der Waals surface area contributed by atoms with Crippen LogP contribution in [-0.4, -0.2) is 57.5 Å². The van der Waals surface area contributed by atoms with Crippen LogP contribution in [0.5, 0.6) is 0 Å². The minimum atomic E-state index is 0.247. The third kappa shape index (κ3) is 3.41. The van der Waals surface area contributed by atoms with E-state index in [1.807, 2.05) is 13.8 Å². The van der Waals surface area contributed by atoms with Gasteiger partial charge in [0.15, 0.2) is 0 Å². The number of morpholine rings is 1. The molecule has 0 radical (unpaired) electrons. The monoisotopic (exact) mass is 216 g/mol. The zero-order valence-corrected chi connectivity index (χ0v) is 10.00. The van der Waals surface area contributed by atoms with Crippen molar-refractivity contribution in [3.8, 4) is 0 Å². The molecule has 2 aliphatic heterocycles. The molecule has 0 unspecified atom stereocenters. The van der Waals surface area contributed by atoms with E-state index in [2.05, 4.69) is 4.90 Å². The maximum atomic E-state index is 5.75. The lowest BCUT2D eigenvalue weighted by Gasteiger charge is -2.44. The smallest absolute Gasteiger partial charge is 0.0594 e. The molecule has 0 bridgehead atoms. The first-order chi connectivity index (χ1) is 7.35. The maximum absolute atomic E-state index is 5.75. The summed E-state index contributed by atoms with van der Waals surface area (Å²) in [5.74, 6) is 0. The van der Waals surface area contributed by atoms with E-state index in [0.717, 1.165) is 52.6 Å². The van der Waals surface area contributed by atoms with Crippen LogP contribution in [0, 0.1) is 5.41 Å². The minimum absolute atomic E-state index is 0.247. The van der Waals surface area contributed by atoms with Gasteiger partial charge in [-0.2, -0.15) is 0 Å². The lowest BCUT2D eigenvalue weighted by Crippen LogP contribution is -2.56. The molecule has 0 atom stereocenters. The number of ether oxygens (including phenoxy) is 2. The number of hydrogen-bond donors (Lipinski definition) is 1. The fraction of sp³-hybridized carbons (Fsp3) is 1.00. The molecule has 15 heavy (non-hydrogen) atoms. The average Bonchev–Trinajstić information content (AvgIpc) is 2.28. The third-order valence-electron chi connectivity index (χ3n) is 2.91. The molecular formula is C11H24N2O2. The van der Waals surface area contributed by atoms with Gasteiger partial charge >= 0.3 is 0 Å². The second-order valence-electron chi connectivity index (χ2n) is 4.09. The van der Waals surface area contributed by atoms with E-state index in [1.165, 1.54) is 0 Å². The van der Waals surface area contributed by atoms with Crippen molar-refractivity contribution in [3.05, 3.63) is 0 Å². The highest BCUT2D eigenvalue weighted by atomic mass is 16.5. The van der Waals surface area contributed by atoms with E-state index in [4.69, 9.17) is 15.2 Å². The number of nitrogens with zero attached hydrogens (tertiary/aromatic N) is 1. The molecule has 2 aliphatic rings. The Hall–Kier alpha value is -0.160. The van der Waals surface area contributed by atoms with Crippen LogP contribution in [0.25, 0.3) is 0 Å². The summed E-state index contributed by atoms with van der Waals surface area (Å²) in [4.78, 5) is 2.43. The Labute approximate surface area is 92.7 Å². The predicted molar refractivity (Wildman–Crippen MR) is 60.9 cm³/mol. The summed E-state index contributed by atoms with van der Waals surface area (Å²) < 4.78 is 10.5. The van der Waals surface area contributed by atoms with Gasteiger partial charge in [0.05, 0.1) is 26.4 Å². The number of nitrogens with two attached hydrogens (primary N) is 1. The first-order valence-corrected chi connectivity index (χ1v) is 5.93. The van der Waals surface area contributed by atoms with Gasteiger partial charge in [0.1, 0.15) is 0 Å². The van der Waals surface area contributed by atoms with Gasteiger partial charge in [-0.05, 0) is 0 Å². The molecule has 2 N–H and O–H groups in total. The van der Waals surface area contributed by atoms with E-state index < -0.39 is 0 Å². The van der Waals surface area contributed by atoms with Crippen molar-refractivity contribution >= 4 is 0 Å². The third-order valence-corrected chi connectivity index (χ3v) is 2.91. The Morgan fingerprint density at radius 1 is 1.13 bits per heavy atom. The van der Waals surface area contributed by atoms with E-state index in [9.17, 15) is 0 Å². The van der Waals surface area contributed by atoms with Crippen LogP contribution < -0.4 is 5.73 Å². The molecule has 0 aromatic carbocycles. The van der Waals surface area contributed by atoms with Crippen LogP contribution in [-0.2, 0) is 9.47 Å². The Kier molecular flexibility index (Phi) is 5.53. The highest BCUT2D eigenvalue weighted by Crippen LogP contribution is 2.27. The van der Waals surface area contributed by atoms with Crippen molar-refractivity contribution in [1.82, 2.24) is 4.90 Å².